The number of carbonyl (C=O) groups excluding carboxylic acids is 1. The Morgan fingerprint density at radius 2 is 2.18 bits per heavy atom. The van der Waals surface area contributed by atoms with Crippen molar-refractivity contribution in [1.82, 2.24) is 4.90 Å². The van der Waals surface area contributed by atoms with Gasteiger partial charge in [-0.2, -0.15) is 0 Å². The van der Waals surface area contributed by atoms with Crippen molar-refractivity contribution in [2.24, 2.45) is 5.92 Å². The topological polar surface area (TPSA) is 40.5 Å². The van der Waals surface area contributed by atoms with Gasteiger partial charge in [-0.25, -0.2) is 0 Å². The van der Waals surface area contributed by atoms with E-state index in [1.165, 1.54) is 4.90 Å². The summed E-state index contributed by atoms with van der Waals surface area (Å²) in [6.45, 7) is 3.88. The molecule has 1 aliphatic heterocycles. The van der Waals surface area contributed by atoms with Gasteiger partial charge in [-0.15, -0.1) is 0 Å². The summed E-state index contributed by atoms with van der Waals surface area (Å²) in [5.74, 6) is 0.134. The van der Waals surface area contributed by atoms with E-state index in [0.29, 0.717) is 5.57 Å². The largest absolute Gasteiger partial charge is 0.370 e. The zero-order valence-corrected chi connectivity index (χ0v) is 7.03. The van der Waals surface area contributed by atoms with Gasteiger partial charge in [0.05, 0.1) is 0 Å². The molecule has 1 atom stereocenters. The van der Waals surface area contributed by atoms with E-state index in [4.69, 9.17) is 0 Å². The average Bonchev–Trinajstić information content (AvgIpc) is 2.17. The summed E-state index contributed by atoms with van der Waals surface area (Å²) in [5.41, 5.74) is 0.708. The maximum Gasteiger partial charge on any atom is 0.251 e. The lowest BCUT2D eigenvalue weighted by Crippen LogP contribution is -2.30. The Balaban J connectivity index is 2.84. The molecular weight excluding hydrogens is 142 g/mol. The maximum atomic E-state index is 11.3. The molecule has 0 spiro atoms. The highest BCUT2D eigenvalue weighted by molar-refractivity contribution is 5.96. The molecule has 0 saturated carbocycles. The van der Waals surface area contributed by atoms with Gasteiger partial charge in [0.2, 0.25) is 0 Å². The van der Waals surface area contributed by atoms with E-state index in [1.807, 2.05) is 13.8 Å². The molecule has 1 amide bonds. The van der Waals surface area contributed by atoms with E-state index in [0.717, 1.165) is 0 Å². The van der Waals surface area contributed by atoms with Crippen LogP contribution >= 0.6 is 0 Å². The molecule has 0 radical (unpaired) electrons. The quantitative estimate of drug-likeness (QED) is 0.594. The molecule has 1 rings (SSSR count). The van der Waals surface area contributed by atoms with Gasteiger partial charge in [-0.3, -0.25) is 4.79 Å². The van der Waals surface area contributed by atoms with E-state index in [2.05, 4.69) is 0 Å². The molecule has 1 aliphatic rings. The molecule has 0 saturated heterocycles. The second kappa shape index (κ2) is 2.66. The monoisotopic (exact) mass is 155 g/mol. The van der Waals surface area contributed by atoms with Crippen LogP contribution in [0.5, 0.6) is 0 Å². The smallest absolute Gasteiger partial charge is 0.251 e. The van der Waals surface area contributed by atoms with Crippen molar-refractivity contribution in [3.8, 4) is 0 Å². The minimum atomic E-state index is -0.722. The Morgan fingerprint density at radius 3 is 2.36 bits per heavy atom. The van der Waals surface area contributed by atoms with E-state index < -0.39 is 6.23 Å². The first kappa shape index (κ1) is 8.27. The number of nitrogens with zero attached hydrogens (tertiary/aromatic N) is 1. The van der Waals surface area contributed by atoms with Crippen LogP contribution in [-0.4, -0.2) is 29.2 Å². The predicted octanol–water partition coefficient (Wildman–Crippen LogP) is 0.359. The first-order valence-corrected chi connectivity index (χ1v) is 3.71. The van der Waals surface area contributed by atoms with Crippen molar-refractivity contribution in [1.29, 1.82) is 0 Å². The molecule has 1 N–H and O–H groups in total. The van der Waals surface area contributed by atoms with Crippen LogP contribution in [0.3, 0.4) is 0 Å². The van der Waals surface area contributed by atoms with Gasteiger partial charge in [0, 0.05) is 12.6 Å². The molecular formula is C8H13NO2. The number of carbonyl (C=O) groups is 1. The summed E-state index contributed by atoms with van der Waals surface area (Å²) in [4.78, 5) is 12.6. The maximum absolute atomic E-state index is 11.3. The van der Waals surface area contributed by atoms with Crippen LogP contribution in [0.2, 0.25) is 0 Å². The molecule has 0 aromatic carbocycles. The fourth-order valence-corrected chi connectivity index (χ4v) is 1.11. The zero-order valence-electron chi connectivity index (χ0n) is 7.03. The van der Waals surface area contributed by atoms with Gasteiger partial charge in [0.1, 0.15) is 6.23 Å². The van der Waals surface area contributed by atoms with Crippen LogP contribution in [-0.2, 0) is 4.79 Å². The molecule has 62 valence electrons. The normalized spacial score (nSPS) is 24.8. The molecule has 11 heavy (non-hydrogen) atoms. The van der Waals surface area contributed by atoms with Crippen molar-refractivity contribution in [2.75, 3.05) is 7.05 Å². The molecule has 0 aromatic heterocycles. The third-order valence-corrected chi connectivity index (χ3v) is 1.91. The van der Waals surface area contributed by atoms with Crippen LogP contribution in [0.4, 0.5) is 0 Å². The average molecular weight is 155 g/mol. The summed E-state index contributed by atoms with van der Waals surface area (Å²) in [5, 5.41) is 9.22. The Hall–Kier alpha value is -0.830. The minimum absolute atomic E-state index is 0.0625. The number of aliphatic hydroxyl groups excluding tert-OH is 1. The lowest BCUT2D eigenvalue weighted by atomic mass is 10.0. The molecule has 0 aromatic rings. The minimum Gasteiger partial charge on any atom is -0.370 e. The summed E-state index contributed by atoms with van der Waals surface area (Å²) in [6, 6.07) is 0. The van der Waals surface area contributed by atoms with Crippen LogP contribution in [0, 0.1) is 5.92 Å². The standard InChI is InChI=1S/C8H13NO2/c1-5(2)6-4-7(10)9(3)8(6)11/h4-5,7,10H,1-3H3. The van der Waals surface area contributed by atoms with Crippen LogP contribution < -0.4 is 0 Å². The van der Waals surface area contributed by atoms with Crippen LogP contribution in [0.1, 0.15) is 13.8 Å². The summed E-state index contributed by atoms with van der Waals surface area (Å²) in [7, 11) is 1.60. The number of hydrogen-bond donors (Lipinski definition) is 1. The third-order valence-electron chi connectivity index (χ3n) is 1.91. The lowest BCUT2D eigenvalue weighted by Gasteiger charge is -2.14. The highest BCUT2D eigenvalue weighted by atomic mass is 16.3. The SMILES string of the molecule is CC(C)C1=CC(O)N(C)C1=O. The summed E-state index contributed by atoms with van der Waals surface area (Å²) >= 11 is 0. The Kier molecular flexibility index (Phi) is 2.00. The Morgan fingerprint density at radius 1 is 1.64 bits per heavy atom. The summed E-state index contributed by atoms with van der Waals surface area (Å²) < 4.78 is 0. The van der Waals surface area contributed by atoms with Crippen molar-refractivity contribution in [2.45, 2.75) is 20.1 Å². The van der Waals surface area contributed by atoms with Crippen molar-refractivity contribution in [3.63, 3.8) is 0 Å². The molecule has 0 aliphatic carbocycles. The van der Waals surface area contributed by atoms with Crippen molar-refractivity contribution < 1.29 is 9.90 Å². The fraction of sp³-hybridized carbons (Fsp3) is 0.625. The molecule has 3 heteroatoms. The molecule has 1 heterocycles. The van der Waals surface area contributed by atoms with Gasteiger partial charge >= 0.3 is 0 Å². The number of hydrogen-bond acceptors (Lipinski definition) is 2. The predicted molar refractivity (Wildman–Crippen MR) is 41.7 cm³/mol. The van der Waals surface area contributed by atoms with Gasteiger partial charge < -0.3 is 10.0 Å². The van der Waals surface area contributed by atoms with Gasteiger partial charge in [0.25, 0.3) is 5.91 Å². The summed E-state index contributed by atoms with van der Waals surface area (Å²) in [6.07, 6.45) is 0.882. The number of amides is 1. The third kappa shape index (κ3) is 1.28. The van der Waals surface area contributed by atoms with Crippen LogP contribution in [0.25, 0.3) is 0 Å². The van der Waals surface area contributed by atoms with Crippen molar-refractivity contribution >= 4 is 5.91 Å². The highest BCUT2D eigenvalue weighted by Gasteiger charge is 2.28. The van der Waals surface area contributed by atoms with E-state index in [-0.39, 0.29) is 11.8 Å². The van der Waals surface area contributed by atoms with Crippen molar-refractivity contribution in [3.05, 3.63) is 11.6 Å². The Bertz CT molecular complexity index is 208. The second-order valence-electron chi connectivity index (χ2n) is 3.11. The fourth-order valence-electron chi connectivity index (χ4n) is 1.11. The van der Waals surface area contributed by atoms with Crippen LogP contribution in [0.15, 0.2) is 11.6 Å². The lowest BCUT2D eigenvalue weighted by molar-refractivity contribution is -0.130. The number of likely N-dealkylation sites (N-methyl/N-ethyl adjacent to an activating group) is 1. The van der Waals surface area contributed by atoms with E-state index in [1.54, 1.807) is 13.1 Å². The van der Waals surface area contributed by atoms with E-state index in [9.17, 15) is 9.90 Å². The zero-order chi connectivity index (χ0) is 8.59. The highest BCUT2D eigenvalue weighted by Crippen LogP contribution is 2.20. The first-order valence-electron chi connectivity index (χ1n) is 3.71. The molecule has 0 bridgehead atoms. The number of rotatable bonds is 1. The van der Waals surface area contributed by atoms with Gasteiger partial charge in [0.15, 0.2) is 0 Å². The molecule has 0 fully saturated rings. The Labute approximate surface area is 66.3 Å². The first-order chi connectivity index (χ1) is 5.04. The van der Waals surface area contributed by atoms with Gasteiger partial charge in [-0.1, -0.05) is 13.8 Å². The van der Waals surface area contributed by atoms with Gasteiger partial charge in [-0.05, 0) is 12.0 Å². The molecule has 1 unspecified atom stereocenters. The molecule has 3 nitrogen and oxygen atoms in total. The number of aliphatic hydroxyl groups is 1. The second-order valence-corrected chi connectivity index (χ2v) is 3.11. The van der Waals surface area contributed by atoms with E-state index >= 15 is 0 Å².